The molecule has 158 valence electrons. The molecule has 2 heterocycles. The molecular formula is C24H20BrNO5. The van der Waals surface area contributed by atoms with E-state index in [0.29, 0.717) is 29.2 Å². The molecule has 4 rings (SSSR count). The summed E-state index contributed by atoms with van der Waals surface area (Å²) < 4.78 is 11.6. The van der Waals surface area contributed by atoms with Crippen LogP contribution < -0.4 is 4.74 Å². The van der Waals surface area contributed by atoms with Crippen LogP contribution in [0.3, 0.4) is 0 Å². The molecule has 3 aromatic rings. The van der Waals surface area contributed by atoms with Gasteiger partial charge in [0.25, 0.3) is 11.7 Å². The van der Waals surface area contributed by atoms with Crippen molar-refractivity contribution < 1.29 is 23.8 Å². The molecular weight excluding hydrogens is 462 g/mol. The lowest BCUT2D eigenvalue weighted by Gasteiger charge is -2.24. The van der Waals surface area contributed by atoms with Crippen molar-refractivity contribution in [3.63, 3.8) is 0 Å². The lowest BCUT2D eigenvalue weighted by molar-refractivity contribution is -0.140. The fraction of sp³-hybridized carbons (Fsp3) is 0.167. The zero-order valence-corrected chi connectivity index (χ0v) is 18.3. The van der Waals surface area contributed by atoms with E-state index < -0.39 is 17.7 Å². The Morgan fingerprint density at radius 3 is 2.55 bits per heavy atom. The summed E-state index contributed by atoms with van der Waals surface area (Å²) in [5.41, 5.74) is 1.17. The van der Waals surface area contributed by atoms with E-state index in [9.17, 15) is 14.7 Å². The molecule has 1 saturated heterocycles. The lowest BCUT2D eigenvalue weighted by atomic mass is 9.95. The maximum absolute atomic E-state index is 13.0. The van der Waals surface area contributed by atoms with Crippen LogP contribution in [0.15, 0.2) is 81.4 Å². The Balaban J connectivity index is 1.82. The standard InChI is InChI=1S/C24H20BrNO5/c1-2-30-18-10-8-15(9-11-18)22(27)20-21(16-5-3-6-17(25)13-16)26(24(29)23(20)28)14-19-7-4-12-31-19/h3-13,21,27H,2,14H2,1H3/b22-20+. The van der Waals surface area contributed by atoms with Crippen molar-refractivity contribution in [2.24, 2.45) is 0 Å². The first-order valence-electron chi connectivity index (χ1n) is 9.79. The van der Waals surface area contributed by atoms with Gasteiger partial charge >= 0.3 is 0 Å². The minimum absolute atomic E-state index is 0.0406. The fourth-order valence-corrected chi connectivity index (χ4v) is 4.08. The number of hydrogen-bond acceptors (Lipinski definition) is 5. The second kappa shape index (κ2) is 8.81. The topological polar surface area (TPSA) is 80.0 Å². The summed E-state index contributed by atoms with van der Waals surface area (Å²) in [5, 5.41) is 11.1. The number of aliphatic hydroxyl groups excluding tert-OH is 1. The van der Waals surface area contributed by atoms with E-state index in [-0.39, 0.29) is 17.9 Å². The quantitative estimate of drug-likeness (QED) is 0.302. The highest BCUT2D eigenvalue weighted by atomic mass is 79.9. The molecule has 31 heavy (non-hydrogen) atoms. The van der Waals surface area contributed by atoms with Gasteiger partial charge in [0, 0.05) is 10.0 Å². The number of halogens is 1. The number of ether oxygens (including phenoxy) is 1. The number of nitrogens with zero attached hydrogens (tertiary/aromatic N) is 1. The molecule has 1 fully saturated rings. The monoisotopic (exact) mass is 481 g/mol. The molecule has 1 N–H and O–H groups in total. The second-order valence-electron chi connectivity index (χ2n) is 7.02. The van der Waals surface area contributed by atoms with Gasteiger partial charge in [0.2, 0.25) is 0 Å². The minimum atomic E-state index is -0.755. The Bertz CT molecular complexity index is 1140. The smallest absolute Gasteiger partial charge is 0.296 e. The van der Waals surface area contributed by atoms with Gasteiger partial charge in [0.1, 0.15) is 17.3 Å². The summed E-state index contributed by atoms with van der Waals surface area (Å²) in [6.07, 6.45) is 1.51. The number of Topliss-reactive ketones (excluding diaryl/α,β-unsaturated/α-hetero) is 1. The van der Waals surface area contributed by atoms with E-state index in [1.54, 1.807) is 36.4 Å². The molecule has 0 saturated carbocycles. The van der Waals surface area contributed by atoms with Crippen LogP contribution in [0.25, 0.3) is 5.76 Å². The number of amides is 1. The van der Waals surface area contributed by atoms with E-state index in [2.05, 4.69) is 15.9 Å². The van der Waals surface area contributed by atoms with Gasteiger partial charge in [-0.2, -0.15) is 0 Å². The molecule has 1 atom stereocenters. The SMILES string of the molecule is CCOc1ccc(/C(O)=C2\C(=O)C(=O)N(Cc3ccco3)C2c2cccc(Br)c2)cc1. The molecule has 6 nitrogen and oxygen atoms in total. The molecule has 0 aliphatic carbocycles. The first-order valence-corrected chi connectivity index (χ1v) is 10.6. The van der Waals surface area contributed by atoms with E-state index in [4.69, 9.17) is 9.15 Å². The molecule has 0 radical (unpaired) electrons. The van der Waals surface area contributed by atoms with E-state index in [1.165, 1.54) is 11.2 Å². The van der Waals surface area contributed by atoms with Crippen molar-refractivity contribution in [3.8, 4) is 5.75 Å². The number of furan rings is 1. The van der Waals surface area contributed by atoms with Crippen LogP contribution in [0.5, 0.6) is 5.75 Å². The summed E-state index contributed by atoms with van der Waals surface area (Å²) in [6.45, 7) is 2.51. The molecule has 2 aromatic carbocycles. The van der Waals surface area contributed by atoms with Crippen LogP contribution in [0, 0.1) is 0 Å². The summed E-state index contributed by atoms with van der Waals surface area (Å²) in [5.74, 6) is -0.450. The van der Waals surface area contributed by atoms with Gasteiger partial charge in [0.15, 0.2) is 0 Å². The first-order chi connectivity index (χ1) is 15.0. The third-order valence-corrected chi connectivity index (χ3v) is 5.54. The first kappa shape index (κ1) is 20.9. The van der Waals surface area contributed by atoms with Crippen molar-refractivity contribution in [1.82, 2.24) is 4.90 Å². The number of benzene rings is 2. The summed E-state index contributed by atoms with van der Waals surface area (Å²) >= 11 is 3.45. The van der Waals surface area contributed by atoms with E-state index in [1.807, 2.05) is 31.2 Å². The Hall–Kier alpha value is -3.32. The normalized spacial score (nSPS) is 17.9. The molecule has 1 amide bonds. The highest BCUT2D eigenvalue weighted by Crippen LogP contribution is 2.41. The summed E-state index contributed by atoms with van der Waals surface area (Å²) in [7, 11) is 0. The highest BCUT2D eigenvalue weighted by molar-refractivity contribution is 9.10. The number of likely N-dealkylation sites (tertiary alicyclic amines) is 1. The van der Waals surface area contributed by atoms with Crippen LogP contribution in [0.2, 0.25) is 0 Å². The predicted octanol–water partition coefficient (Wildman–Crippen LogP) is 5.06. The van der Waals surface area contributed by atoms with Crippen molar-refractivity contribution in [2.75, 3.05) is 6.61 Å². The van der Waals surface area contributed by atoms with Crippen LogP contribution in [-0.4, -0.2) is 28.3 Å². The number of aliphatic hydroxyl groups is 1. The van der Waals surface area contributed by atoms with Crippen LogP contribution in [0.1, 0.15) is 29.9 Å². The van der Waals surface area contributed by atoms with Gasteiger partial charge in [-0.25, -0.2) is 0 Å². The number of rotatable bonds is 6. The Morgan fingerprint density at radius 2 is 1.90 bits per heavy atom. The van der Waals surface area contributed by atoms with Crippen molar-refractivity contribution in [2.45, 2.75) is 19.5 Å². The number of carbonyl (C=O) groups excluding carboxylic acids is 2. The second-order valence-corrected chi connectivity index (χ2v) is 7.93. The lowest BCUT2D eigenvalue weighted by Crippen LogP contribution is -2.29. The third-order valence-electron chi connectivity index (χ3n) is 5.05. The maximum Gasteiger partial charge on any atom is 0.296 e. The largest absolute Gasteiger partial charge is 0.507 e. The van der Waals surface area contributed by atoms with Gasteiger partial charge in [-0.15, -0.1) is 0 Å². The zero-order valence-electron chi connectivity index (χ0n) is 16.7. The Morgan fingerprint density at radius 1 is 1.13 bits per heavy atom. The van der Waals surface area contributed by atoms with Gasteiger partial charge in [0.05, 0.1) is 31.0 Å². The van der Waals surface area contributed by atoms with Gasteiger partial charge in [-0.05, 0) is 61.0 Å². The van der Waals surface area contributed by atoms with Crippen molar-refractivity contribution in [1.29, 1.82) is 0 Å². The van der Waals surface area contributed by atoms with Crippen LogP contribution in [-0.2, 0) is 16.1 Å². The fourth-order valence-electron chi connectivity index (χ4n) is 3.67. The van der Waals surface area contributed by atoms with Crippen molar-refractivity contribution in [3.05, 3.63) is 93.9 Å². The van der Waals surface area contributed by atoms with Crippen LogP contribution >= 0.6 is 15.9 Å². The zero-order chi connectivity index (χ0) is 22.0. The molecule has 1 unspecified atom stereocenters. The summed E-state index contributed by atoms with van der Waals surface area (Å²) in [4.78, 5) is 27.4. The average Bonchev–Trinajstić information content (AvgIpc) is 3.36. The molecule has 0 bridgehead atoms. The Labute approximate surface area is 187 Å². The third kappa shape index (κ3) is 4.14. The van der Waals surface area contributed by atoms with Crippen LogP contribution in [0.4, 0.5) is 0 Å². The van der Waals surface area contributed by atoms with Gasteiger partial charge < -0.3 is 19.2 Å². The summed E-state index contributed by atoms with van der Waals surface area (Å²) in [6, 6.07) is 16.8. The highest BCUT2D eigenvalue weighted by Gasteiger charge is 2.46. The van der Waals surface area contributed by atoms with Gasteiger partial charge in [-0.1, -0.05) is 28.1 Å². The maximum atomic E-state index is 13.0. The molecule has 1 aromatic heterocycles. The molecule has 7 heteroatoms. The van der Waals surface area contributed by atoms with E-state index in [0.717, 1.165) is 4.47 Å². The number of hydrogen-bond donors (Lipinski definition) is 1. The average molecular weight is 482 g/mol. The minimum Gasteiger partial charge on any atom is -0.507 e. The molecule has 1 aliphatic rings. The molecule has 0 spiro atoms. The predicted molar refractivity (Wildman–Crippen MR) is 118 cm³/mol. The number of ketones is 1. The van der Waals surface area contributed by atoms with E-state index >= 15 is 0 Å². The molecule has 1 aliphatic heterocycles. The number of carbonyl (C=O) groups is 2. The van der Waals surface area contributed by atoms with Gasteiger partial charge in [-0.3, -0.25) is 9.59 Å². The van der Waals surface area contributed by atoms with Crippen molar-refractivity contribution >= 4 is 33.4 Å². The Kier molecular flexibility index (Phi) is 5.95.